The van der Waals surface area contributed by atoms with E-state index in [0.717, 1.165) is 10.0 Å². The van der Waals surface area contributed by atoms with Gasteiger partial charge in [0, 0.05) is 6.20 Å². The molecule has 0 aliphatic heterocycles. The maximum Gasteiger partial charge on any atom is 0.249 e. The summed E-state index contributed by atoms with van der Waals surface area (Å²) >= 11 is 3.34. The van der Waals surface area contributed by atoms with Gasteiger partial charge in [-0.05, 0) is 47.0 Å². The number of aryl methyl sites for hydroxylation is 1. The van der Waals surface area contributed by atoms with Crippen LogP contribution < -0.4 is 10.1 Å². The Bertz CT molecular complexity index is 640. The molecule has 1 heterocycles. The van der Waals surface area contributed by atoms with Crippen LogP contribution in [0.15, 0.2) is 35.1 Å². The fourth-order valence-corrected chi connectivity index (χ4v) is 2.41. The number of nitrogens with zero attached hydrogens (tertiary/aromatic N) is 2. The summed E-state index contributed by atoms with van der Waals surface area (Å²) in [4.78, 5) is 12.5. The zero-order valence-corrected chi connectivity index (χ0v) is 13.8. The van der Waals surface area contributed by atoms with Crippen molar-refractivity contribution in [3.63, 3.8) is 0 Å². The molecule has 5 nitrogen and oxygen atoms in total. The minimum Gasteiger partial charge on any atom is -0.495 e. The number of benzene rings is 1. The molecule has 0 saturated carbocycles. The van der Waals surface area contributed by atoms with Crippen LogP contribution in [0.2, 0.25) is 0 Å². The lowest BCUT2D eigenvalue weighted by atomic mass is 10.1. The van der Waals surface area contributed by atoms with Gasteiger partial charge in [0.15, 0.2) is 0 Å². The van der Waals surface area contributed by atoms with Gasteiger partial charge < -0.3 is 10.1 Å². The summed E-state index contributed by atoms with van der Waals surface area (Å²) < 4.78 is 7.78. The molecule has 0 saturated heterocycles. The average molecular weight is 352 g/mol. The summed E-state index contributed by atoms with van der Waals surface area (Å²) in [5, 5.41) is 7.11. The van der Waals surface area contributed by atoms with E-state index in [1.165, 1.54) is 0 Å². The maximum absolute atomic E-state index is 12.5. The second-order valence-corrected chi connectivity index (χ2v) is 5.67. The van der Waals surface area contributed by atoms with Crippen molar-refractivity contribution in [1.82, 2.24) is 9.78 Å². The van der Waals surface area contributed by atoms with E-state index in [0.29, 0.717) is 17.9 Å². The predicted molar refractivity (Wildman–Crippen MR) is 85.6 cm³/mol. The number of anilines is 1. The van der Waals surface area contributed by atoms with E-state index < -0.39 is 0 Å². The van der Waals surface area contributed by atoms with Crippen molar-refractivity contribution in [1.29, 1.82) is 0 Å². The number of aromatic nitrogens is 2. The molecular formula is C15H18BrN3O2. The van der Waals surface area contributed by atoms with E-state index in [4.69, 9.17) is 4.74 Å². The van der Waals surface area contributed by atoms with Gasteiger partial charge in [0.25, 0.3) is 0 Å². The van der Waals surface area contributed by atoms with Crippen LogP contribution in [0.4, 0.5) is 5.69 Å². The fraction of sp³-hybridized carbons (Fsp3) is 0.333. The number of hydrogen-bond donors (Lipinski definition) is 1. The number of nitrogens with one attached hydrogen (secondary N) is 1. The zero-order chi connectivity index (χ0) is 15.4. The molecule has 112 valence electrons. The molecule has 0 radical (unpaired) electrons. The molecule has 0 spiro atoms. The number of carbonyl (C=O) groups is 1. The lowest BCUT2D eigenvalue weighted by molar-refractivity contribution is -0.119. The van der Waals surface area contributed by atoms with Gasteiger partial charge in [0.05, 0.1) is 23.5 Å². The van der Waals surface area contributed by atoms with Crippen molar-refractivity contribution in [3.05, 3.63) is 40.6 Å². The summed E-state index contributed by atoms with van der Waals surface area (Å²) in [7, 11) is 1.59. The van der Waals surface area contributed by atoms with Crippen LogP contribution in [0, 0.1) is 6.92 Å². The molecule has 1 aromatic heterocycles. The van der Waals surface area contributed by atoms with Crippen molar-refractivity contribution in [2.45, 2.75) is 26.3 Å². The molecule has 6 heteroatoms. The predicted octanol–water partition coefficient (Wildman–Crippen LogP) is 3.55. The van der Waals surface area contributed by atoms with Gasteiger partial charge in [-0.15, -0.1) is 0 Å². The van der Waals surface area contributed by atoms with Gasteiger partial charge in [-0.1, -0.05) is 13.0 Å². The van der Waals surface area contributed by atoms with Gasteiger partial charge >= 0.3 is 0 Å². The minimum atomic E-state index is -0.360. The van der Waals surface area contributed by atoms with Crippen LogP contribution in [0.3, 0.4) is 0 Å². The standard InChI is InChI=1S/C15H18BrN3O2/c1-4-13(19-9-11(16)8-17-19)15(20)18-12-7-10(2)5-6-14(12)21-3/h5-9,13H,4H2,1-3H3,(H,18,20). The molecule has 1 unspecified atom stereocenters. The molecule has 0 fully saturated rings. The van der Waals surface area contributed by atoms with Crippen LogP contribution in [0.1, 0.15) is 24.9 Å². The van der Waals surface area contributed by atoms with Gasteiger partial charge in [-0.25, -0.2) is 0 Å². The van der Waals surface area contributed by atoms with Gasteiger partial charge in [-0.3, -0.25) is 9.48 Å². The molecule has 0 aliphatic carbocycles. The molecule has 2 rings (SSSR count). The van der Waals surface area contributed by atoms with E-state index in [1.54, 1.807) is 24.2 Å². The summed E-state index contributed by atoms with van der Waals surface area (Å²) in [6.07, 6.45) is 4.11. The minimum absolute atomic E-state index is 0.114. The summed E-state index contributed by atoms with van der Waals surface area (Å²) in [5.41, 5.74) is 1.73. The number of amides is 1. The van der Waals surface area contributed by atoms with Crippen LogP contribution in [0.5, 0.6) is 5.75 Å². The Kier molecular flexibility index (Phi) is 5.01. The average Bonchev–Trinajstić information content (AvgIpc) is 2.86. The first-order chi connectivity index (χ1) is 10.0. The van der Waals surface area contributed by atoms with Crippen LogP contribution in [-0.2, 0) is 4.79 Å². The Balaban J connectivity index is 2.22. The summed E-state index contributed by atoms with van der Waals surface area (Å²) in [6, 6.07) is 5.32. The molecule has 0 bridgehead atoms. The molecule has 0 aliphatic rings. The molecule has 21 heavy (non-hydrogen) atoms. The third kappa shape index (κ3) is 3.64. The lowest BCUT2D eigenvalue weighted by Gasteiger charge is -2.17. The lowest BCUT2D eigenvalue weighted by Crippen LogP contribution is -2.26. The number of ether oxygens (including phenoxy) is 1. The number of halogens is 1. The van der Waals surface area contributed by atoms with Crippen molar-refractivity contribution in [3.8, 4) is 5.75 Å². The van der Waals surface area contributed by atoms with E-state index >= 15 is 0 Å². The first-order valence-electron chi connectivity index (χ1n) is 6.70. The SMILES string of the molecule is CCC(C(=O)Nc1cc(C)ccc1OC)n1cc(Br)cn1. The first-order valence-corrected chi connectivity index (χ1v) is 7.49. The Morgan fingerprint density at radius 3 is 2.86 bits per heavy atom. The monoisotopic (exact) mass is 351 g/mol. The molecule has 1 amide bonds. The Morgan fingerprint density at radius 2 is 2.29 bits per heavy atom. The number of rotatable bonds is 5. The fourth-order valence-electron chi connectivity index (χ4n) is 2.11. The second kappa shape index (κ2) is 6.76. The number of carbonyl (C=O) groups excluding carboxylic acids is 1. The maximum atomic E-state index is 12.5. The molecule has 2 aromatic rings. The van der Waals surface area contributed by atoms with Crippen molar-refractivity contribution in [2.75, 3.05) is 12.4 Å². The molecule has 1 N–H and O–H groups in total. The van der Waals surface area contributed by atoms with Crippen LogP contribution in [-0.4, -0.2) is 22.8 Å². The van der Waals surface area contributed by atoms with E-state index in [2.05, 4.69) is 26.3 Å². The Morgan fingerprint density at radius 1 is 1.52 bits per heavy atom. The summed E-state index contributed by atoms with van der Waals surface area (Å²) in [6.45, 7) is 3.92. The van der Waals surface area contributed by atoms with Crippen molar-refractivity contribution in [2.24, 2.45) is 0 Å². The molecular weight excluding hydrogens is 334 g/mol. The third-order valence-corrected chi connectivity index (χ3v) is 3.60. The highest BCUT2D eigenvalue weighted by molar-refractivity contribution is 9.10. The smallest absolute Gasteiger partial charge is 0.249 e. The number of methoxy groups -OCH3 is 1. The normalized spacial score (nSPS) is 12.0. The van der Waals surface area contributed by atoms with Crippen molar-refractivity contribution >= 4 is 27.5 Å². The van der Waals surface area contributed by atoms with E-state index in [-0.39, 0.29) is 11.9 Å². The highest BCUT2D eigenvalue weighted by atomic mass is 79.9. The quantitative estimate of drug-likeness (QED) is 0.895. The van der Waals surface area contributed by atoms with Crippen LogP contribution >= 0.6 is 15.9 Å². The zero-order valence-electron chi connectivity index (χ0n) is 12.3. The number of hydrogen-bond acceptors (Lipinski definition) is 3. The van der Waals surface area contributed by atoms with Gasteiger partial charge in [0.2, 0.25) is 5.91 Å². The largest absolute Gasteiger partial charge is 0.495 e. The molecule has 1 atom stereocenters. The Hall–Kier alpha value is -1.82. The topological polar surface area (TPSA) is 56.1 Å². The van der Waals surface area contributed by atoms with Gasteiger partial charge in [-0.2, -0.15) is 5.10 Å². The van der Waals surface area contributed by atoms with Gasteiger partial charge in [0.1, 0.15) is 11.8 Å². The Labute approximate surface area is 132 Å². The highest BCUT2D eigenvalue weighted by Crippen LogP contribution is 2.26. The second-order valence-electron chi connectivity index (χ2n) is 4.76. The first kappa shape index (κ1) is 15.6. The highest BCUT2D eigenvalue weighted by Gasteiger charge is 2.20. The van der Waals surface area contributed by atoms with Crippen molar-refractivity contribution < 1.29 is 9.53 Å². The van der Waals surface area contributed by atoms with Crippen LogP contribution in [0.25, 0.3) is 0 Å². The third-order valence-electron chi connectivity index (χ3n) is 3.19. The van der Waals surface area contributed by atoms with E-state index in [1.807, 2.05) is 32.0 Å². The molecule has 1 aromatic carbocycles. The van der Waals surface area contributed by atoms with E-state index in [9.17, 15) is 4.79 Å². The summed E-state index contributed by atoms with van der Waals surface area (Å²) in [5.74, 6) is 0.530.